The highest BCUT2D eigenvalue weighted by Crippen LogP contribution is 2.33. The molecule has 0 bridgehead atoms. The molecule has 2 aromatic carbocycles. The van der Waals surface area contributed by atoms with Gasteiger partial charge in [0.15, 0.2) is 5.16 Å². The van der Waals surface area contributed by atoms with E-state index in [0.717, 1.165) is 29.9 Å². The van der Waals surface area contributed by atoms with Gasteiger partial charge in [0.05, 0.1) is 0 Å². The maximum Gasteiger partial charge on any atom is 0.232 e. The molecule has 0 atom stereocenters. The van der Waals surface area contributed by atoms with Crippen molar-refractivity contribution in [3.8, 4) is 0 Å². The Balaban J connectivity index is 1.53. The lowest BCUT2D eigenvalue weighted by atomic mass is 10.2. The minimum absolute atomic E-state index is 0.209. The highest BCUT2D eigenvalue weighted by atomic mass is 32.2. The number of thioether (sulfide) groups is 1. The van der Waals surface area contributed by atoms with Crippen molar-refractivity contribution in [1.82, 2.24) is 14.8 Å². The standard InChI is InChI=1S/C17H14F2N4S/c18-13-5-7-14(8-6-13)22-9-10-23-16(22)20-21-17(23)24-11-12-3-1-2-4-15(12)19/h1-8H,9-11H2. The first-order valence-corrected chi connectivity index (χ1v) is 8.53. The fourth-order valence-electron chi connectivity index (χ4n) is 2.71. The first-order chi connectivity index (χ1) is 11.7. The minimum atomic E-state index is -0.263. The van der Waals surface area contributed by atoms with Crippen LogP contribution >= 0.6 is 11.8 Å². The van der Waals surface area contributed by atoms with Crippen molar-refractivity contribution < 1.29 is 8.78 Å². The average molecular weight is 344 g/mol. The Morgan fingerprint density at radius 3 is 2.54 bits per heavy atom. The van der Waals surface area contributed by atoms with Crippen molar-refractivity contribution in [1.29, 1.82) is 0 Å². The molecule has 0 saturated heterocycles. The number of hydrogen-bond donors (Lipinski definition) is 0. The van der Waals surface area contributed by atoms with E-state index < -0.39 is 0 Å². The van der Waals surface area contributed by atoms with Gasteiger partial charge < -0.3 is 4.90 Å². The molecule has 4 nitrogen and oxygen atoms in total. The van der Waals surface area contributed by atoms with Crippen LogP contribution in [0.4, 0.5) is 20.4 Å². The van der Waals surface area contributed by atoms with Crippen molar-refractivity contribution in [3.05, 3.63) is 65.7 Å². The summed E-state index contributed by atoms with van der Waals surface area (Å²) >= 11 is 1.46. The zero-order valence-corrected chi connectivity index (χ0v) is 13.5. The van der Waals surface area contributed by atoms with Crippen molar-refractivity contribution >= 4 is 23.4 Å². The molecule has 0 aliphatic carbocycles. The second-order valence-corrected chi connectivity index (χ2v) is 6.38. The summed E-state index contributed by atoms with van der Waals surface area (Å²) in [4.78, 5) is 2.00. The van der Waals surface area contributed by atoms with E-state index in [1.807, 2.05) is 15.5 Å². The van der Waals surface area contributed by atoms with E-state index in [9.17, 15) is 8.78 Å². The third kappa shape index (κ3) is 2.75. The van der Waals surface area contributed by atoms with Gasteiger partial charge >= 0.3 is 0 Å². The summed E-state index contributed by atoms with van der Waals surface area (Å²) in [6.45, 7) is 1.50. The summed E-state index contributed by atoms with van der Waals surface area (Å²) in [5.41, 5.74) is 1.53. The van der Waals surface area contributed by atoms with Crippen molar-refractivity contribution in [2.45, 2.75) is 17.5 Å². The topological polar surface area (TPSA) is 34.0 Å². The van der Waals surface area contributed by atoms with E-state index in [0.29, 0.717) is 11.3 Å². The number of benzene rings is 2. The van der Waals surface area contributed by atoms with Gasteiger partial charge in [-0.2, -0.15) is 0 Å². The van der Waals surface area contributed by atoms with Crippen LogP contribution in [0.5, 0.6) is 0 Å². The van der Waals surface area contributed by atoms with Crippen LogP contribution in [0, 0.1) is 11.6 Å². The number of aromatic nitrogens is 3. The second-order valence-electron chi connectivity index (χ2n) is 5.44. The lowest BCUT2D eigenvalue weighted by molar-refractivity contribution is 0.617. The first-order valence-electron chi connectivity index (χ1n) is 7.55. The van der Waals surface area contributed by atoms with Gasteiger partial charge in [0, 0.05) is 24.5 Å². The van der Waals surface area contributed by atoms with E-state index in [4.69, 9.17) is 0 Å². The van der Waals surface area contributed by atoms with E-state index in [-0.39, 0.29) is 11.6 Å². The Labute approximate surface area is 142 Å². The Morgan fingerprint density at radius 1 is 0.958 bits per heavy atom. The number of fused-ring (bicyclic) bond motifs is 1. The number of nitrogens with zero attached hydrogens (tertiary/aromatic N) is 4. The largest absolute Gasteiger partial charge is 0.309 e. The van der Waals surface area contributed by atoms with Gasteiger partial charge in [0.25, 0.3) is 0 Å². The van der Waals surface area contributed by atoms with E-state index in [1.165, 1.54) is 30.0 Å². The number of anilines is 2. The smallest absolute Gasteiger partial charge is 0.232 e. The van der Waals surface area contributed by atoms with Gasteiger partial charge in [0.1, 0.15) is 11.6 Å². The van der Waals surface area contributed by atoms with Crippen LogP contribution in [0.2, 0.25) is 0 Å². The fourth-order valence-corrected chi connectivity index (χ4v) is 3.65. The van der Waals surface area contributed by atoms with E-state index in [2.05, 4.69) is 10.2 Å². The second kappa shape index (κ2) is 6.24. The highest BCUT2D eigenvalue weighted by molar-refractivity contribution is 7.98. The molecule has 122 valence electrons. The molecule has 0 N–H and O–H groups in total. The van der Waals surface area contributed by atoms with Gasteiger partial charge in [-0.15, -0.1) is 10.2 Å². The zero-order chi connectivity index (χ0) is 16.5. The molecule has 7 heteroatoms. The van der Waals surface area contributed by atoms with Crippen LogP contribution in [0.15, 0.2) is 53.7 Å². The summed E-state index contributed by atoms with van der Waals surface area (Å²) in [6.07, 6.45) is 0. The summed E-state index contributed by atoms with van der Waals surface area (Å²) in [6, 6.07) is 13.1. The number of hydrogen-bond acceptors (Lipinski definition) is 4. The van der Waals surface area contributed by atoms with Crippen molar-refractivity contribution in [3.63, 3.8) is 0 Å². The van der Waals surface area contributed by atoms with Crippen LogP contribution in [0.1, 0.15) is 5.56 Å². The molecule has 0 saturated carbocycles. The van der Waals surface area contributed by atoms with Crippen LogP contribution in [0.3, 0.4) is 0 Å². The molecule has 0 radical (unpaired) electrons. The molecule has 0 fully saturated rings. The molecule has 4 rings (SSSR count). The number of halogens is 2. The quantitative estimate of drug-likeness (QED) is 0.670. The van der Waals surface area contributed by atoms with Gasteiger partial charge in [-0.25, -0.2) is 8.78 Å². The van der Waals surface area contributed by atoms with Crippen molar-refractivity contribution in [2.24, 2.45) is 0 Å². The Kier molecular flexibility index (Phi) is 3.93. The van der Waals surface area contributed by atoms with Crippen LogP contribution in [-0.2, 0) is 12.3 Å². The maximum absolute atomic E-state index is 13.7. The zero-order valence-electron chi connectivity index (χ0n) is 12.7. The maximum atomic E-state index is 13.7. The predicted octanol–water partition coefficient (Wildman–Crippen LogP) is 4.00. The molecule has 24 heavy (non-hydrogen) atoms. The van der Waals surface area contributed by atoms with Crippen LogP contribution in [0.25, 0.3) is 0 Å². The Bertz CT molecular complexity index is 863. The highest BCUT2D eigenvalue weighted by Gasteiger charge is 2.26. The molecule has 0 amide bonds. The Hall–Kier alpha value is -2.41. The molecule has 0 unspecified atom stereocenters. The molecule has 0 spiro atoms. The van der Waals surface area contributed by atoms with Gasteiger partial charge in [-0.1, -0.05) is 30.0 Å². The first kappa shape index (κ1) is 15.1. The monoisotopic (exact) mass is 344 g/mol. The van der Waals surface area contributed by atoms with Crippen molar-refractivity contribution in [2.75, 3.05) is 11.4 Å². The molecular weight excluding hydrogens is 330 g/mol. The lowest BCUT2D eigenvalue weighted by Gasteiger charge is -2.14. The molecule has 1 aromatic heterocycles. The Morgan fingerprint density at radius 2 is 1.75 bits per heavy atom. The molecule has 1 aliphatic heterocycles. The summed E-state index contributed by atoms with van der Waals surface area (Å²) < 4.78 is 28.8. The molecule has 1 aliphatic rings. The van der Waals surface area contributed by atoms with Crippen LogP contribution in [-0.4, -0.2) is 21.3 Å². The van der Waals surface area contributed by atoms with E-state index >= 15 is 0 Å². The molecular formula is C17H14F2N4S. The predicted molar refractivity (Wildman–Crippen MR) is 89.4 cm³/mol. The minimum Gasteiger partial charge on any atom is -0.309 e. The van der Waals surface area contributed by atoms with Gasteiger partial charge in [0.2, 0.25) is 5.95 Å². The average Bonchev–Trinajstić information content (AvgIpc) is 3.17. The van der Waals surface area contributed by atoms with Gasteiger partial charge in [-0.3, -0.25) is 4.57 Å². The van der Waals surface area contributed by atoms with Crippen LogP contribution < -0.4 is 4.90 Å². The third-order valence-corrected chi connectivity index (χ3v) is 4.95. The lowest BCUT2D eigenvalue weighted by Crippen LogP contribution is -2.14. The summed E-state index contributed by atoms with van der Waals surface area (Å²) in [5, 5.41) is 9.22. The fraction of sp³-hybridized carbons (Fsp3) is 0.176. The summed E-state index contributed by atoms with van der Waals surface area (Å²) in [7, 11) is 0. The molecule has 3 aromatic rings. The van der Waals surface area contributed by atoms with Gasteiger partial charge in [-0.05, 0) is 35.9 Å². The van der Waals surface area contributed by atoms with E-state index in [1.54, 1.807) is 24.3 Å². The molecule has 2 heterocycles. The number of rotatable bonds is 4. The third-order valence-electron chi connectivity index (χ3n) is 3.94. The summed E-state index contributed by atoms with van der Waals surface area (Å²) in [5.74, 6) is 0.763. The SMILES string of the molecule is Fc1ccc(N2CCn3c(SCc4ccccc4F)nnc32)cc1. The normalized spacial score (nSPS) is 13.3.